The predicted molar refractivity (Wildman–Crippen MR) is 97.9 cm³/mol. The molecule has 0 bridgehead atoms. The van der Waals surface area contributed by atoms with E-state index in [-0.39, 0.29) is 5.91 Å². The van der Waals surface area contributed by atoms with Crippen molar-refractivity contribution in [1.29, 1.82) is 10.5 Å². The van der Waals surface area contributed by atoms with E-state index in [9.17, 15) is 10.1 Å². The number of hydrogen-bond donors (Lipinski definition) is 2. The van der Waals surface area contributed by atoms with Gasteiger partial charge in [0, 0.05) is 17.3 Å². The third-order valence-corrected chi connectivity index (χ3v) is 3.77. The molecule has 1 amide bonds. The number of nitrogen functional groups attached to an aromatic ring is 1. The molecule has 26 heavy (non-hydrogen) atoms. The Morgan fingerprint density at radius 3 is 2.42 bits per heavy atom. The van der Waals surface area contributed by atoms with E-state index in [1.165, 1.54) is 12.3 Å². The Balaban J connectivity index is 1.85. The summed E-state index contributed by atoms with van der Waals surface area (Å²) in [4.78, 5) is 16.5. The molecule has 3 N–H and O–H groups in total. The summed E-state index contributed by atoms with van der Waals surface area (Å²) in [6, 6.07) is 19.2. The fourth-order valence-electron chi connectivity index (χ4n) is 2.43. The largest absolute Gasteiger partial charge is 0.397 e. The number of rotatable bonds is 3. The van der Waals surface area contributed by atoms with E-state index < -0.39 is 0 Å². The molecule has 1 heterocycles. The minimum atomic E-state index is -0.289. The summed E-state index contributed by atoms with van der Waals surface area (Å²) in [5.41, 5.74) is 9.07. The van der Waals surface area contributed by atoms with Crippen LogP contribution in [0.5, 0.6) is 0 Å². The Labute approximate surface area is 150 Å². The van der Waals surface area contributed by atoms with E-state index in [1.807, 2.05) is 12.1 Å². The standard InChI is InChI=1S/C20H13N5O/c21-10-13-9-16(11-22)19(24-12-13)14-5-7-15(8-6-14)20(26)25-18-4-2-1-3-17(18)23/h1-9,12H,23H2,(H,25,26). The molecule has 3 aromatic rings. The molecule has 0 radical (unpaired) electrons. The molecule has 3 rings (SSSR count). The summed E-state index contributed by atoms with van der Waals surface area (Å²) in [6.45, 7) is 0. The van der Waals surface area contributed by atoms with Crippen molar-refractivity contribution in [2.45, 2.75) is 0 Å². The number of anilines is 2. The van der Waals surface area contributed by atoms with E-state index in [2.05, 4.69) is 10.3 Å². The summed E-state index contributed by atoms with van der Waals surface area (Å²) in [5, 5.41) is 20.9. The zero-order valence-corrected chi connectivity index (χ0v) is 13.6. The second-order valence-corrected chi connectivity index (χ2v) is 5.46. The molecule has 0 aliphatic rings. The van der Waals surface area contributed by atoms with Gasteiger partial charge in [-0.05, 0) is 30.3 Å². The first-order valence-electron chi connectivity index (χ1n) is 7.69. The van der Waals surface area contributed by atoms with E-state index >= 15 is 0 Å². The van der Waals surface area contributed by atoms with Gasteiger partial charge in [-0.15, -0.1) is 0 Å². The number of amides is 1. The van der Waals surface area contributed by atoms with E-state index in [1.54, 1.807) is 48.5 Å². The van der Waals surface area contributed by atoms with Crippen LogP contribution in [0.2, 0.25) is 0 Å². The molecule has 0 aliphatic heterocycles. The smallest absolute Gasteiger partial charge is 0.255 e. The normalized spacial score (nSPS) is 9.77. The summed E-state index contributed by atoms with van der Waals surface area (Å²) < 4.78 is 0. The second kappa shape index (κ2) is 7.16. The van der Waals surface area contributed by atoms with Crippen molar-refractivity contribution in [2.24, 2.45) is 0 Å². The molecule has 0 fully saturated rings. The summed E-state index contributed by atoms with van der Waals surface area (Å²) in [6.07, 6.45) is 1.41. The number of carbonyl (C=O) groups excluding carboxylic acids is 1. The van der Waals surface area contributed by atoms with Crippen molar-refractivity contribution in [3.63, 3.8) is 0 Å². The van der Waals surface area contributed by atoms with Crippen LogP contribution in [0.4, 0.5) is 11.4 Å². The van der Waals surface area contributed by atoms with Crippen LogP contribution in [0.25, 0.3) is 11.3 Å². The van der Waals surface area contributed by atoms with Gasteiger partial charge < -0.3 is 11.1 Å². The van der Waals surface area contributed by atoms with Crippen LogP contribution in [-0.2, 0) is 0 Å². The van der Waals surface area contributed by atoms with Crippen molar-refractivity contribution in [2.75, 3.05) is 11.1 Å². The number of pyridine rings is 1. The van der Waals surface area contributed by atoms with Crippen molar-refractivity contribution >= 4 is 17.3 Å². The van der Waals surface area contributed by atoms with Crippen LogP contribution in [0.1, 0.15) is 21.5 Å². The van der Waals surface area contributed by atoms with Crippen LogP contribution >= 0.6 is 0 Å². The van der Waals surface area contributed by atoms with Gasteiger partial charge >= 0.3 is 0 Å². The number of nitrogens with one attached hydrogen (secondary N) is 1. The zero-order chi connectivity index (χ0) is 18.5. The molecule has 0 saturated carbocycles. The summed E-state index contributed by atoms with van der Waals surface area (Å²) in [7, 11) is 0. The number of nitrogens with zero attached hydrogens (tertiary/aromatic N) is 3. The molecule has 0 atom stereocenters. The molecule has 2 aromatic carbocycles. The maximum atomic E-state index is 12.4. The van der Waals surface area contributed by atoms with Crippen molar-refractivity contribution < 1.29 is 4.79 Å². The molecule has 0 saturated heterocycles. The average molecular weight is 339 g/mol. The number of hydrogen-bond acceptors (Lipinski definition) is 5. The molecule has 0 aliphatic carbocycles. The summed E-state index contributed by atoms with van der Waals surface area (Å²) in [5.74, 6) is -0.289. The third-order valence-electron chi connectivity index (χ3n) is 3.77. The van der Waals surface area contributed by atoms with Gasteiger partial charge in [0.2, 0.25) is 0 Å². The Hall–Kier alpha value is -4.16. The topological polar surface area (TPSA) is 116 Å². The van der Waals surface area contributed by atoms with Gasteiger partial charge in [0.25, 0.3) is 5.91 Å². The molecular weight excluding hydrogens is 326 g/mol. The van der Waals surface area contributed by atoms with Crippen LogP contribution in [0, 0.1) is 22.7 Å². The Morgan fingerprint density at radius 1 is 1.04 bits per heavy atom. The van der Waals surface area contributed by atoms with Crippen LogP contribution < -0.4 is 11.1 Å². The van der Waals surface area contributed by atoms with Crippen LogP contribution in [0.15, 0.2) is 60.8 Å². The quantitative estimate of drug-likeness (QED) is 0.710. The number of para-hydroxylation sites is 2. The lowest BCUT2D eigenvalue weighted by molar-refractivity contribution is 0.102. The first-order valence-corrected chi connectivity index (χ1v) is 7.69. The van der Waals surface area contributed by atoms with Crippen molar-refractivity contribution in [3.05, 3.63) is 77.5 Å². The van der Waals surface area contributed by atoms with Gasteiger partial charge in [-0.1, -0.05) is 24.3 Å². The first kappa shape index (κ1) is 16.7. The number of benzene rings is 2. The SMILES string of the molecule is N#Cc1cnc(-c2ccc(C(=O)Nc3ccccc3N)cc2)c(C#N)c1. The van der Waals surface area contributed by atoms with Gasteiger partial charge in [0.05, 0.1) is 28.2 Å². The lowest BCUT2D eigenvalue weighted by atomic mass is 10.0. The highest BCUT2D eigenvalue weighted by atomic mass is 16.1. The maximum absolute atomic E-state index is 12.4. The number of carbonyl (C=O) groups is 1. The Kier molecular flexibility index (Phi) is 4.60. The monoisotopic (exact) mass is 339 g/mol. The number of nitrogens with two attached hydrogens (primary N) is 1. The molecule has 0 spiro atoms. The highest BCUT2D eigenvalue weighted by Crippen LogP contribution is 2.23. The lowest BCUT2D eigenvalue weighted by Crippen LogP contribution is -2.13. The van der Waals surface area contributed by atoms with E-state index in [4.69, 9.17) is 11.0 Å². The second-order valence-electron chi connectivity index (χ2n) is 5.46. The van der Waals surface area contributed by atoms with E-state index in [0.717, 1.165) is 0 Å². The average Bonchev–Trinajstić information content (AvgIpc) is 2.69. The summed E-state index contributed by atoms with van der Waals surface area (Å²) >= 11 is 0. The molecule has 1 aromatic heterocycles. The van der Waals surface area contributed by atoms with Crippen molar-refractivity contribution in [1.82, 2.24) is 4.98 Å². The third kappa shape index (κ3) is 3.35. The minimum absolute atomic E-state index is 0.289. The van der Waals surface area contributed by atoms with Gasteiger partial charge in [0.1, 0.15) is 12.1 Å². The Bertz CT molecular complexity index is 1060. The van der Waals surface area contributed by atoms with Gasteiger partial charge in [0.15, 0.2) is 0 Å². The van der Waals surface area contributed by atoms with Crippen LogP contribution in [-0.4, -0.2) is 10.9 Å². The number of nitriles is 2. The lowest BCUT2D eigenvalue weighted by Gasteiger charge is -2.09. The zero-order valence-electron chi connectivity index (χ0n) is 13.6. The minimum Gasteiger partial charge on any atom is -0.397 e. The fourth-order valence-corrected chi connectivity index (χ4v) is 2.43. The molecule has 0 unspecified atom stereocenters. The molecule has 124 valence electrons. The Morgan fingerprint density at radius 2 is 1.77 bits per heavy atom. The van der Waals surface area contributed by atoms with Gasteiger partial charge in [-0.3, -0.25) is 9.78 Å². The fraction of sp³-hybridized carbons (Fsp3) is 0. The van der Waals surface area contributed by atoms with E-state index in [0.29, 0.717) is 39.3 Å². The number of aromatic nitrogens is 1. The first-order chi connectivity index (χ1) is 12.6. The molecule has 6 heteroatoms. The van der Waals surface area contributed by atoms with Crippen LogP contribution in [0.3, 0.4) is 0 Å². The highest BCUT2D eigenvalue weighted by Gasteiger charge is 2.11. The van der Waals surface area contributed by atoms with Gasteiger partial charge in [-0.25, -0.2) is 0 Å². The van der Waals surface area contributed by atoms with Gasteiger partial charge in [-0.2, -0.15) is 10.5 Å². The predicted octanol–water partition coefficient (Wildman–Crippen LogP) is 3.33. The molecular formula is C20H13N5O. The molecule has 6 nitrogen and oxygen atoms in total. The highest BCUT2D eigenvalue weighted by molar-refractivity contribution is 6.05. The maximum Gasteiger partial charge on any atom is 0.255 e. The van der Waals surface area contributed by atoms with Crippen molar-refractivity contribution in [3.8, 4) is 23.4 Å².